The summed E-state index contributed by atoms with van der Waals surface area (Å²) in [4.78, 5) is 0. The van der Waals surface area contributed by atoms with E-state index in [0.29, 0.717) is 0 Å². The molecular formula is C24H17BS. The maximum Gasteiger partial charge on any atom is 0.141 e. The van der Waals surface area contributed by atoms with Crippen molar-refractivity contribution in [1.82, 2.24) is 0 Å². The molecule has 0 aliphatic rings. The Bertz CT molecular complexity index is 1240. The summed E-state index contributed by atoms with van der Waals surface area (Å²) in [6, 6.07) is 32.7. The Hall–Kier alpha value is -2.84. The second-order valence-electron chi connectivity index (χ2n) is 6.68. The SMILES string of the molecule is Bc1cccc2c1sc1c(-c3cccc(-c4ccccc4)c3)cccc12. The van der Waals surface area contributed by atoms with Crippen molar-refractivity contribution < 1.29 is 0 Å². The summed E-state index contributed by atoms with van der Waals surface area (Å²) in [6.45, 7) is 0. The van der Waals surface area contributed by atoms with E-state index in [1.165, 1.54) is 47.9 Å². The van der Waals surface area contributed by atoms with Crippen LogP contribution >= 0.6 is 11.3 Å². The molecule has 0 nitrogen and oxygen atoms in total. The smallest absolute Gasteiger partial charge is 0.135 e. The van der Waals surface area contributed by atoms with Crippen molar-refractivity contribution in [2.45, 2.75) is 0 Å². The topological polar surface area (TPSA) is 0 Å². The highest BCUT2D eigenvalue weighted by molar-refractivity contribution is 7.27. The highest BCUT2D eigenvalue weighted by Crippen LogP contribution is 2.39. The predicted octanol–water partition coefficient (Wildman–Crippen LogP) is 5.65. The van der Waals surface area contributed by atoms with Gasteiger partial charge in [0.1, 0.15) is 7.85 Å². The monoisotopic (exact) mass is 348 g/mol. The first-order chi connectivity index (χ1) is 12.8. The minimum absolute atomic E-state index is 1.26. The van der Waals surface area contributed by atoms with Crippen LogP contribution in [-0.2, 0) is 0 Å². The van der Waals surface area contributed by atoms with Crippen LogP contribution in [0, 0.1) is 0 Å². The Kier molecular flexibility index (Phi) is 3.65. The molecule has 0 aliphatic heterocycles. The summed E-state index contributed by atoms with van der Waals surface area (Å²) in [5.74, 6) is 0. The van der Waals surface area contributed by atoms with Crippen molar-refractivity contribution in [3.63, 3.8) is 0 Å². The predicted molar refractivity (Wildman–Crippen MR) is 118 cm³/mol. The molecule has 26 heavy (non-hydrogen) atoms. The molecule has 0 aliphatic carbocycles. The summed E-state index contributed by atoms with van der Waals surface area (Å²) >= 11 is 1.91. The van der Waals surface area contributed by atoms with Gasteiger partial charge in [0.2, 0.25) is 0 Å². The van der Waals surface area contributed by atoms with Crippen LogP contribution in [0.3, 0.4) is 0 Å². The van der Waals surface area contributed by atoms with Gasteiger partial charge < -0.3 is 0 Å². The van der Waals surface area contributed by atoms with Gasteiger partial charge in [0, 0.05) is 14.8 Å². The Balaban J connectivity index is 1.75. The van der Waals surface area contributed by atoms with Gasteiger partial charge in [0.05, 0.1) is 0 Å². The average molecular weight is 348 g/mol. The Morgan fingerprint density at radius 2 is 1.19 bits per heavy atom. The molecule has 0 radical (unpaired) electrons. The number of fused-ring (bicyclic) bond motifs is 3. The van der Waals surface area contributed by atoms with E-state index in [4.69, 9.17) is 0 Å². The van der Waals surface area contributed by atoms with E-state index in [0.717, 1.165) is 0 Å². The Morgan fingerprint density at radius 3 is 2.04 bits per heavy atom. The van der Waals surface area contributed by atoms with Gasteiger partial charge >= 0.3 is 0 Å². The lowest BCUT2D eigenvalue weighted by molar-refractivity contribution is 1.61. The van der Waals surface area contributed by atoms with Crippen LogP contribution in [0.2, 0.25) is 0 Å². The molecule has 5 rings (SSSR count). The molecule has 5 aromatic rings. The van der Waals surface area contributed by atoms with E-state index in [1.54, 1.807) is 0 Å². The van der Waals surface area contributed by atoms with E-state index in [2.05, 4.69) is 98.8 Å². The summed E-state index contributed by atoms with van der Waals surface area (Å²) in [6.07, 6.45) is 0. The molecular weight excluding hydrogens is 331 g/mol. The van der Waals surface area contributed by atoms with Crippen molar-refractivity contribution in [3.05, 3.63) is 91.0 Å². The van der Waals surface area contributed by atoms with E-state index in [-0.39, 0.29) is 0 Å². The van der Waals surface area contributed by atoms with Gasteiger partial charge in [-0.3, -0.25) is 0 Å². The zero-order valence-electron chi connectivity index (χ0n) is 14.6. The van der Waals surface area contributed by atoms with Gasteiger partial charge in [-0.05, 0) is 33.7 Å². The van der Waals surface area contributed by atoms with E-state index >= 15 is 0 Å². The van der Waals surface area contributed by atoms with Crippen molar-refractivity contribution in [1.29, 1.82) is 0 Å². The number of benzene rings is 4. The molecule has 1 aromatic heterocycles. The van der Waals surface area contributed by atoms with Gasteiger partial charge in [-0.25, -0.2) is 0 Å². The average Bonchev–Trinajstić information content (AvgIpc) is 3.09. The minimum Gasteiger partial charge on any atom is -0.135 e. The summed E-state index contributed by atoms with van der Waals surface area (Å²) in [7, 11) is 2.20. The van der Waals surface area contributed by atoms with Crippen molar-refractivity contribution >= 4 is 44.8 Å². The maximum atomic E-state index is 2.31. The molecule has 122 valence electrons. The lowest BCUT2D eigenvalue weighted by atomic mass is 9.94. The van der Waals surface area contributed by atoms with Crippen LogP contribution in [0.1, 0.15) is 0 Å². The lowest BCUT2D eigenvalue weighted by Crippen LogP contribution is -1.99. The molecule has 0 amide bonds. The third-order valence-electron chi connectivity index (χ3n) is 5.00. The maximum absolute atomic E-state index is 2.31. The standard InChI is InChI=1S/C24H17BS/c25-22-14-6-13-21-20-12-5-11-19(23(20)26-24(21)22)18-10-4-9-17(15-18)16-7-2-1-3-8-16/h1-15H,25H2. The Labute approximate surface area is 158 Å². The first kappa shape index (κ1) is 15.4. The fraction of sp³-hybridized carbons (Fsp3) is 0. The van der Waals surface area contributed by atoms with Crippen LogP contribution in [0.5, 0.6) is 0 Å². The molecule has 0 bridgehead atoms. The summed E-state index contributed by atoms with van der Waals surface area (Å²) < 4.78 is 2.77. The fourth-order valence-corrected chi connectivity index (χ4v) is 4.99. The Morgan fingerprint density at radius 1 is 0.538 bits per heavy atom. The third-order valence-corrected chi connectivity index (χ3v) is 6.39. The van der Waals surface area contributed by atoms with Gasteiger partial charge in [-0.15, -0.1) is 11.3 Å². The highest BCUT2D eigenvalue weighted by Gasteiger charge is 2.11. The minimum atomic E-state index is 1.26. The van der Waals surface area contributed by atoms with E-state index in [1.807, 2.05) is 11.3 Å². The second-order valence-corrected chi connectivity index (χ2v) is 7.70. The second kappa shape index (κ2) is 6.15. The molecule has 0 atom stereocenters. The first-order valence-electron chi connectivity index (χ1n) is 8.88. The van der Waals surface area contributed by atoms with Crippen molar-refractivity contribution in [2.24, 2.45) is 0 Å². The number of thiophene rings is 1. The van der Waals surface area contributed by atoms with Gasteiger partial charge in [-0.2, -0.15) is 0 Å². The van der Waals surface area contributed by atoms with Crippen LogP contribution in [-0.4, -0.2) is 7.85 Å². The zero-order chi connectivity index (χ0) is 17.5. The molecule has 2 heteroatoms. The largest absolute Gasteiger partial charge is 0.141 e. The zero-order valence-corrected chi connectivity index (χ0v) is 15.4. The van der Waals surface area contributed by atoms with Crippen LogP contribution in [0.25, 0.3) is 42.4 Å². The van der Waals surface area contributed by atoms with E-state index in [9.17, 15) is 0 Å². The molecule has 4 aromatic carbocycles. The molecule has 0 spiro atoms. The molecule has 0 N–H and O–H groups in total. The number of hydrogen-bond donors (Lipinski definition) is 0. The molecule has 0 unspecified atom stereocenters. The third kappa shape index (κ3) is 2.46. The fourth-order valence-electron chi connectivity index (χ4n) is 3.69. The summed E-state index contributed by atoms with van der Waals surface area (Å²) in [5, 5.41) is 2.72. The van der Waals surface area contributed by atoms with E-state index < -0.39 is 0 Å². The van der Waals surface area contributed by atoms with Gasteiger partial charge in [0.25, 0.3) is 0 Å². The quantitative estimate of drug-likeness (QED) is 0.362. The van der Waals surface area contributed by atoms with Gasteiger partial charge in [-0.1, -0.05) is 90.4 Å². The van der Waals surface area contributed by atoms with Crippen molar-refractivity contribution in [3.8, 4) is 22.3 Å². The normalized spacial score (nSPS) is 11.2. The highest BCUT2D eigenvalue weighted by atomic mass is 32.1. The van der Waals surface area contributed by atoms with Crippen LogP contribution in [0.15, 0.2) is 91.0 Å². The molecule has 0 saturated heterocycles. The molecule has 1 heterocycles. The molecule has 0 fully saturated rings. The first-order valence-corrected chi connectivity index (χ1v) is 9.69. The molecule has 0 saturated carbocycles. The van der Waals surface area contributed by atoms with Crippen LogP contribution < -0.4 is 5.46 Å². The van der Waals surface area contributed by atoms with Gasteiger partial charge in [0.15, 0.2) is 0 Å². The number of hydrogen-bond acceptors (Lipinski definition) is 1. The lowest BCUT2D eigenvalue weighted by Gasteiger charge is -2.07. The summed E-state index contributed by atoms with van der Waals surface area (Å²) in [5.41, 5.74) is 6.47. The van der Waals surface area contributed by atoms with Crippen LogP contribution in [0.4, 0.5) is 0 Å². The van der Waals surface area contributed by atoms with Crippen molar-refractivity contribution in [2.75, 3.05) is 0 Å². The number of rotatable bonds is 2.